The number of nitrogens with one attached hydrogen (secondary N) is 2. The van der Waals surface area contributed by atoms with E-state index in [1.165, 1.54) is 0 Å². The maximum absolute atomic E-state index is 12.4. The molecular formula is C19H23ClN2O. The van der Waals surface area contributed by atoms with Gasteiger partial charge >= 0.3 is 0 Å². The Morgan fingerprint density at radius 3 is 2.39 bits per heavy atom. The molecule has 2 aromatic carbocycles. The first-order valence-corrected chi connectivity index (χ1v) is 8.23. The van der Waals surface area contributed by atoms with Gasteiger partial charge in [0.05, 0.1) is 6.04 Å². The van der Waals surface area contributed by atoms with Crippen molar-refractivity contribution in [2.24, 2.45) is 5.92 Å². The van der Waals surface area contributed by atoms with E-state index in [9.17, 15) is 4.79 Å². The van der Waals surface area contributed by atoms with Gasteiger partial charge in [-0.15, -0.1) is 0 Å². The predicted octanol–water partition coefficient (Wildman–Crippen LogP) is 3.60. The molecule has 2 N–H and O–H groups in total. The third-order valence-corrected chi connectivity index (χ3v) is 4.23. The van der Waals surface area contributed by atoms with E-state index in [-0.39, 0.29) is 17.9 Å². The summed E-state index contributed by atoms with van der Waals surface area (Å²) >= 11 is 6.28. The highest BCUT2D eigenvalue weighted by atomic mass is 35.5. The second-order valence-corrected chi connectivity index (χ2v) is 6.13. The van der Waals surface area contributed by atoms with Gasteiger partial charge in [0.1, 0.15) is 0 Å². The fourth-order valence-corrected chi connectivity index (χ4v) is 2.75. The highest BCUT2D eigenvalue weighted by Crippen LogP contribution is 2.23. The van der Waals surface area contributed by atoms with Crippen molar-refractivity contribution in [3.8, 4) is 0 Å². The SMILES string of the molecule is CNC[C@@H](C)C(=O)N[C@H](Cc1ccccc1Cl)c1ccccc1. The van der Waals surface area contributed by atoms with E-state index in [1.807, 2.05) is 68.6 Å². The molecule has 0 heterocycles. The predicted molar refractivity (Wildman–Crippen MR) is 95.6 cm³/mol. The molecule has 0 bridgehead atoms. The lowest BCUT2D eigenvalue weighted by Crippen LogP contribution is -2.37. The molecule has 0 aliphatic rings. The molecule has 0 unspecified atom stereocenters. The van der Waals surface area contributed by atoms with Crippen molar-refractivity contribution in [3.05, 3.63) is 70.7 Å². The summed E-state index contributed by atoms with van der Waals surface area (Å²) in [5.41, 5.74) is 2.11. The Bertz CT molecular complexity index is 630. The Balaban J connectivity index is 2.19. The van der Waals surface area contributed by atoms with Crippen LogP contribution in [0.4, 0.5) is 0 Å². The topological polar surface area (TPSA) is 41.1 Å². The normalized spacial score (nSPS) is 13.3. The van der Waals surface area contributed by atoms with Gasteiger partial charge in [0.25, 0.3) is 0 Å². The van der Waals surface area contributed by atoms with Crippen molar-refractivity contribution >= 4 is 17.5 Å². The molecule has 1 amide bonds. The number of benzene rings is 2. The summed E-state index contributed by atoms with van der Waals surface area (Å²) in [7, 11) is 1.85. The average molecular weight is 331 g/mol. The van der Waals surface area contributed by atoms with Crippen LogP contribution < -0.4 is 10.6 Å². The van der Waals surface area contributed by atoms with Crippen molar-refractivity contribution in [3.63, 3.8) is 0 Å². The summed E-state index contributed by atoms with van der Waals surface area (Å²) in [4.78, 5) is 12.4. The summed E-state index contributed by atoms with van der Waals surface area (Å²) in [6.07, 6.45) is 0.668. The minimum atomic E-state index is -0.0945. The smallest absolute Gasteiger partial charge is 0.224 e. The molecule has 0 aliphatic carbocycles. The molecule has 4 heteroatoms. The van der Waals surface area contributed by atoms with Gasteiger partial charge in [-0.25, -0.2) is 0 Å². The van der Waals surface area contributed by atoms with E-state index in [2.05, 4.69) is 10.6 Å². The second-order valence-electron chi connectivity index (χ2n) is 5.73. The molecule has 23 heavy (non-hydrogen) atoms. The lowest BCUT2D eigenvalue weighted by Gasteiger charge is -2.22. The maximum Gasteiger partial charge on any atom is 0.224 e. The van der Waals surface area contributed by atoms with Crippen molar-refractivity contribution in [2.45, 2.75) is 19.4 Å². The maximum atomic E-state index is 12.4. The van der Waals surface area contributed by atoms with Gasteiger partial charge in [-0.05, 0) is 30.7 Å². The van der Waals surface area contributed by atoms with Crippen molar-refractivity contribution < 1.29 is 4.79 Å². The quantitative estimate of drug-likeness (QED) is 0.814. The number of carbonyl (C=O) groups is 1. The molecule has 0 fully saturated rings. The minimum absolute atomic E-state index is 0.0419. The Morgan fingerprint density at radius 2 is 1.74 bits per heavy atom. The molecule has 0 spiro atoms. The van der Waals surface area contributed by atoms with E-state index in [4.69, 9.17) is 11.6 Å². The van der Waals surface area contributed by atoms with E-state index < -0.39 is 0 Å². The van der Waals surface area contributed by atoms with Gasteiger partial charge in [0.15, 0.2) is 0 Å². The Morgan fingerprint density at radius 1 is 1.09 bits per heavy atom. The Hall–Kier alpha value is -1.84. The molecule has 2 aromatic rings. The summed E-state index contributed by atoms with van der Waals surface area (Å²) in [6, 6.07) is 17.7. The number of rotatable bonds is 7. The van der Waals surface area contributed by atoms with Crippen LogP contribution >= 0.6 is 11.6 Å². The van der Waals surface area contributed by atoms with Crippen LogP contribution in [0.2, 0.25) is 5.02 Å². The van der Waals surface area contributed by atoms with E-state index in [0.29, 0.717) is 13.0 Å². The molecule has 2 rings (SSSR count). The number of carbonyl (C=O) groups excluding carboxylic acids is 1. The van der Waals surface area contributed by atoms with Crippen LogP contribution in [0.5, 0.6) is 0 Å². The van der Waals surface area contributed by atoms with Gasteiger partial charge in [0, 0.05) is 17.5 Å². The average Bonchev–Trinajstić information content (AvgIpc) is 2.57. The number of hydrogen-bond acceptors (Lipinski definition) is 2. The van der Waals surface area contributed by atoms with E-state index >= 15 is 0 Å². The second kappa shape index (κ2) is 8.70. The Labute approximate surface area is 143 Å². The van der Waals surface area contributed by atoms with Crippen LogP contribution in [-0.2, 0) is 11.2 Å². The summed E-state index contributed by atoms with van der Waals surface area (Å²) in [6.45, 7) is 2.57. The zero-order chi connectivity index (χ0) is 16.7. The Kier molecular flexibility index (Phi) is 6.63. The zero-order valence-electron chi connectivity index (χ0n) is 13.6. The van der Waals surface area contributed by atoms with Gasteiger partial charge < -0.3 is 10.6 Å². The van der Waals surface area contributed by atoms with Gasteiger partial charge in [-0.1, -0.05) is 67.1 Å². The monoisotopic (exact) mass is 330 g/mol. The third-order valence-electron chi connectivity index (χ3n) is 3.86. The van der Waals surface area contributed by atoms with Crippen LogP contribution in [0.15, 0.2) is 54.6 Å². The number of hydrogen-bond donors (Lipinski definition) is 2. The zero-order valence-corrected chi connectivity index (χ0v) is 14.3. The molecule has 122 valence electrons. The number of amides is 1. The van der Waals surface area contributed by atoms with E-state index in [0.717, 1.165) is 16.1 Å². The first-order chi connectivity index (χ1) is 11.1. The molecule has 0 saturated carbocycles. The number of halogens is 1. The highest BCUT2D eigenvalue weighted by molar-refractivity contribution is 6.31. The largest absolute Gasteiger partial charge is 0.349 e. The molecule has 3 nitrogen and oxygen atoms in total. The fourth-order valence-electron chi connectivity index (χ4n) is 2.53. The summed E-state index contributed by atoms with van der Waals surface area (Å²) < 4.78 is 0. The molecular weight excluding hydrogens is 308 g/mol. The van der Waals surface area contributed by atoms with Crippen molar-refractivity contribution in [1.29, 1.82) is 0 Å². The van der Waals surface area contributed by atoms with Crippen LogP contribution in [0.1, 0.15) is 24.1 Å². The van der Waals surface area contributed by atoms with Crippen LogP contribution in [0.3, 0.4) is 0 Å². The fraction of sp³-hybridized carbons (Fsp3) is 0.316. The first-order valence-electron chi connectivity index (χ1n) is 7.85. The molecule has 0 aliphatic heterocycles. The van der Waals surface area contributed by atoms with Crippen molar-refractivity contribution in [2.75, 3.05) is 13.6 Å². The van der Waals surface area contributed by atoms with Gasteiger partial charge in [-0.3, -0.25) is 4.79 Å². The standard InChI is InChI=1S/C19H23ClN2O/c1-14(13-21-2)19(23)22-18(15-8-4-3-5-9-15)12-16-10-6-7-11-17(16)20/h3-11,14,18,21H,12-13H2,1-2H3,(H,22,23)/t14-,18-/m1/s1. The lowest BCUT2D eigenvalue weighted by molar-refractivity contribution is -0.125. The first kappa shape index (κ1) is 17.5. The lowest BCUT2D eigenvalue weighted by atomic mass is 9.98. The summed E-state index contributed by atoms with van der Waals surface area (Å²) in [5.74, 6) is -0.0438. The van der Waals surface area contributed by atoms with Crippen LogP contribution in [-0.4, -0.2) is 19.5 Å². The molecule has 0 aromatic heterocycles. The molecule has 2 atom stereocenters. The van der Waals surface area contributed by atoms with Crippen molar-refractivity contribution in [1.82, 2.24) is 10.6 Å². The van der Waals surface area contributed by atoms with Gasteiger partial charge in [-0.2, -0.15) is 0 Å². The third kappa shape index (κ3) is 5.08. The van der Waals surface area contributed by atoms with Gasteiger partial charge in [0.2, 0.25) is 5.91 Å². The highest BCUT2D eigenvalue weighted by Gasteiger charge is 2.19. The van der Waals surface area contributed by atoms with Crippen LogP contribution in [0.25, 0.3) is 0 Å². The minimum Gasteiger partial charge on any atom is -0.349 e. The molecule has 0 radical (unpaired) electrons. The van der Waals surface area contributed by atoms with E-state index in [1.54, 1.807) is 0 Å². The summed E-state index contributed by atoms with van der Waals surface area (Å²) in [5, 5.41) is 6.92. The van der Waals surface area contributed by atoms with Crippen LogP contribution in [0, 0.1) is 5.92 Å². The molecule has 0 saturated heterocycles.